The first-order valence-corrected chi connectivity index (χ1v) is 5.28. The van der Waals surface area contributed by atoms with Crippen LogP contribution in [0.2, 0.25) is 0 Å². The minimum absolute atomic E-state index is 0.0978. The molecule has 0 spiro atoms. The van der Waals surface area contributed by atoms with Crippen molar-refractivity contribution < 1.29 is 14.3 Å². The predicted molar refractivity (Wildman–Crippen MR) is 60.7 cm³/mol. The highest BCUT2D eigenvalue weighted by Gasteiger charge is 2.29. The van der Waals surface area contributed by atoms with Gasteiger partial charge < -0.3 is 14.8 Å². The molecule has 90 valence electrons. The van der Waals surface area contributed by atoms with Crippen LogP contribution in [-0.4, -0.2) is 17.6 Å². The summed E-state index contributed by atoms with van der Waals surface area (Å²) in [5.74, 6) is 0.348. The van der Waals surface area contributed by atoms with Gasteiger partial charge in [0.05, 0.1) is 12.8 Å². The lowest BCUT2D eigenvalue weighted by molar-refractivity contribution is -0.129. The molecule has 1 aromatic heterocycles. The van der Waals surface area contributed by atoms with Crippen LogP contribution in [0.15, 0.2) is 22.8 Å². The van der Waals surface area contributed by atoms with Gasteiger partial charge >= 0.3 is 0 Å². The van der Waals surface area contributed by atoms with Gasteiger partial charge in [-0.1, -0.05) is 20.8 Å². The van der Waals surface area contributed by atoms with Crippen LogP contribution in [0.3, 0.4) is 0 Å². The molecule has 4 heteroatoms. The van der Waals surface area contributed by atoms with E-state index in [1.165, 1.54) is 6.26 Å². The highest BCUT2D eigenvalue weighted by molar-refractivity contribution is 5.81. The average Bonchev–Trinajstić information content (AvgIpc) is 2.65. The Balaban J connectivity index is 2.59. The Hall–Kier alpha value is -1.29. The van der Waals surface area contributed by atoms with Crippen molar-refractivity contribution in [1.82, 2.24) is 5.32 Å². The van der Waals surface area contributed by atoms with Crippen LogP contribution in [0, 0.1) is 5.41 Å². The smallest absolute Gasteiger partial charge is 0.225 e. The molecule has 0 aliphatic rings. The molecule has 0 saturated carbocycles. The fourth-order valence-corrected chi connectivity index (χ4v) is 1.19. The van der Waals surface area contributed by atoms with Gasteiger partial charge in [0.25, 0.3) is 0 Å². The molecule has 4 nitrogen and oxygen atoms in total. The Morgan fingerprint density at radius 2 is 2.06 bits per heavy atom. The van der Waals surface area contributed by atoms with E-state index in [2.05, 4.69) is 5.32 Å². The molecular weight excluding hydrogens is 206 g/mol. The van der Waals surface area contributed by atoms with E-state index < -0.39 is 11.0 Å². The monoisotopic (exact) mass is 225 g/mol. The molecule has 1 aromatic rings. The van der Waals surface area contributed by atoms with Crippen molar-refractivity contribution in [2.24, 2.45) is 5.41 Å². The van der Waals surface area contributed by atoms with Gasteiger partial charge in [0.1, 0.15) is 11.4 Å². The predicted octanol–water partition coefficient (Wildman–Crippen LogP) is 1.65. The number of aliphatic hydroxyl groups is 1. The highest BCUT2D eigenvalue weighted by Crippen LogP contribution is 2.20. The molecule has 0 radical (unpaired) electrons. The molecule has 0 fully saturated rings. The minimum atomic E-state index is -1.18. The summed E-state index contributed by atoms with van der Waals surface area (Å²) in [4.78, 5) is 11.6. The van der Waals surface area contributed by atoms with E-state index in [1.807, 2.05) is 20.8 Å². The third kappa shape index (κ3) is 3.10. The van der Waals surface area contributed by atoms with Gasteiger partial charge in [-0.2, -0.15) is 0 Å². The first-order valence-electron chi connectivity index (χ1n) is 5.28. The van der Waals surface area contributed by atoms with Crippen molar-refractivity contribution >= 4 is 5.91 Å². The normalized spacial score (nSPS) is 15.6. The Bertz CT molecular complexity index is 347. The second kappa shape index (κ2) is 4.29. The summed E-state index contributed by atoms with van der Waals surface area (Å²) in [6.07, 6.45) is 1.50. The van der Waals surface area contributed by atoms with E-state index in [0.717, 1.165) is 0 Å². The summed E-state index contributed by atoms with van der Waals surface area (Å²) >= 11 is 0. The summed E-state index contributed by atoms with van der Waals surface area (Å²) in [6, 6.07) is 3.39. The van der Waals surface area contributed by atoms with Crippen molar-refractivity contribution in [2.45, 2.75) is 33.3 Å². The molecule has 0 aliphatic heterocycles. The molecular formula is C12H19NO3. The maximum Gasteiger partial charge on any atom is 0.225 e. The number of nitrogens with one attached hydrogen (secondary N) is 1. The van der Waals surface area contributed by atoms with Crippen molar-refractivity contribution in [3.8, 4) is 0 Å². The quantitative estimate of drug-likeness (QED) is 0.822. The Morgan fingerprint density at radius 1 is 1.44 bits per heavy atom. The van der Waals surface area contributed by atoms with E-state index in [0.29, 0.717) is 5.76 Å². The lowest BCUT2D eigenvalue weighted by atomic mass is 9.95. The fraction of sp³-hybridized carbons (Fsp3) is 0.583. The molecule has 2 N–H and O–H groups in total. The van der Waals surface area contributed by atoms with Crippen molar-refractivity contribution in [2.75, 3.05) is 6.54 Å². The molecule has 0 aliphatic carbocycles. The number of carbonyl (C=O) groups is 1. The third-order valence-electron chi connectivity index (χ3n) is 2.33. The van der Waals surface area contributed by atoms with Crippen LogP contribution in [0.4, 0.5) is 0 Å². The van der Waals surface area contributed by atoms with Crippen LogP contribution in [0.5, 0.6) is 0 Å². The molecule has 1 rings (SSSR count). The van der Waals surface area contributed by atoms with Crippen LogP contribution in [0.25, 0.3) is 0 Å². The van der Waals surface area contributed by atoms with E-state index in [1.54, 1.807) is 19.1 Å². The van der Waals surface area contributed by atoms with E-state index >= 15 is 0 Å². The Morgan fingerprint density at radius 3 is 2.50 bits per heavy atom. The summed E-state index contributed by atoms with van der Waals surface area (Å²) in [6.45, 7) is 7.21. The molecule has 0 saturated heterocycles. The lowest BCUT2D eigenvalue weighted by Crippen LogP contribution is -2.43. The SMILES string of the molecule is CC(C)(C)C(=O)NC[C@](C)(O)c1ccco1. The third-order valence-corrected chi connectivity index (χ3v) is 2.33. The summed E-state index contributed by atoms with van der Waals surface area (Å²) in [7, 11) is 0. The zero-order chi connectivity index (χ0) is 12.4. The molecule has 0 unspecified atom stereocenters. The molecule has 0 bridgehead atoms. The van der Waals surface area contributed by atoms with Gasteiger partial charge in [0.2, 0.25) is 5.91 Å². The lowest BCUT2D eigenvalue weighted by Gasteiger charge is -2.24. The Labute approximate surface area is 95.7 Å². The van der Waals surface area contributed by atoms with Crippen molar-refractivity contribution in [1.29, 1.82) is 0 Å². The molecule has 1 atom stereocenters. The maximum atomic E-state index is 11.6. The molecule has 1 amide bonds. The summed E-state index contributed by atoms with van der Waals surface area (Å²) in [5.41, 5.74) is -1.64. The largest absolute Gasteiger partial charge is 0.466 e. The van der Waals surface area contributed by atoms with Crippen LogP contribution >= 0.6 is 0 Å². The van der Waals surface area contributed by atoms with Gasteiger partial charge in [-0.25, -0.2) is 0 Å². The Kier molecular flexibility index (Phi) is 3.43. The maximum absolute atomic E-state index is 11.6. The van der Waals surface area contributed by atoms with Gasteiger partial charge in [0.15, 0.2) is 0 Å². The summed E-state index contributed by atoms with van der Waals surface area (Å²) in [5, 5.41) is 12.8. The van der Waals surface area contributed by atoms with E-state index in [9.17, 15) is 9.90 Å². The number of amides is 1. The standard InChI is InChI=1S/C12H19NO3/c1-11(2,3)10(14)13-8-12(4,15)9-6-5-7-16-9/h5-7,15H,8H2,1-4H3,(H,13,14)/t12-/m0/s1. The van der Waals surface area contributed by atoms with E-state index in [-0.39, 0.29) is 12.5 Å². The highest BCUT2D eigenvalue weighted by atomic mass is 16.4. The van der Waals surface area contributed by atoms with Crippen LogP contribution < -0.4 is 5.32 Å². The van der Waals surface area contributed by atoms with E-state index in [4.69, 9.17) is 4.42 Å². The fourth-order valence-electron chi connectivity index (χ4n) is 1.19. The minimum Gasteiger partial charge on any atom is -0.466 e. The molecule has 0 aromatic carbocycles. The van der Waals surface area contributed by atoms with Gasteiger partial charge in [-0.05, 0) is 19.1 Å². The average molecular weight is 225 g/mol. The topological polar surface area (TPSA) is 62.5 Å². The van der Waals surface area contributed by atoms with Gasteiger partial charge in [-0.15, -0.1) is 0 Å². The van der Waals surface area contributed by atoms with Crippen molar-refractivity contribution in [3.63, 3.8) is 0 Å². The zero-order valence-electron chi connectivity index (χ0n) is 10.2. The number of carbonyl (C=O) groups excluding carboxylic acids is 1. The zero-order valence-corrected chi connectivity index (χ0v) is 10.2. The van der Waals surface area contributed by atoms with Gasteiger partial charge in [0, 0.05) is 5.41 Å². The van der Waals surface area contributed by atoms with Crippen LogP contribution in [-0.2, 0) is 10.4 Å². The first-order chi connectivity index (χ1) is 7.23. The number of hydrogen-bond acceptors (Lipinski definition) is 3. The first kappa shape index (κ1) is 12.8. The number of furan rings is 1. The van der Waals surface area contributed by atoms with Gasteiger partial charge in [-0.3, -0.25) is 4.79 Å². The van der Waals surface area contributed by atoms with Crippen LogP contribution in [0.1, 0.15) is 33.5 Å². The second-order valence-electron chi connectivity index (χ2n) is 5.18. The second-order valence-corrected chi connectivity index (χ2v) is 5.18. The number of rotatable bonds is 3. The molecule has 16 heavy (non-hydrogen) atoms. The molecule has 1 heterocycles. The summed E-state index contributed by atoms with van der Waals surface area (Å²) < 4.78 is 5.11. The number of hydrogen-bond donors (Lipinski definition) is 2. The van der Waals surface area contributed by atoms with Crippen molar-refractivity contribution in [3.05, 3.63) is 24.2 Å².